The summed E-state index contributed by atoms with van der Waals surface area (Å²) in [6, 6.07) is 11.9. The zero-order chi connectivity index (χ0) is 41.1. The van der Waals surface area contributed by atoms with Gasteiger partial charge < -0.3 is 29.4 Å². The van der Waals surface area contributed by atoms with E-state index in [1.807, 2.05) is 32.2 Å². The zero-order valence-electron chi connectivity index (χ0n) is 34.5. The fraction of sp³-hybridized carbons (Fsp3) is 0.636. The first-order valence-electron chi connectivity index (χ1n) is 20.8. The number of anilines is 1. The lowest BCUT2D eigenvalue weighted by molar-refractivity contribution is -0.109. The van der Waals surface area contributed by atoms with Crippen molar-refractivity contribution in [2.24, 2.45) is 17.8 Å². The standard InChI is InChI=1S/C43H61ClN4O6S.CH4O/c1-5-7-32-24-36(44)11-12-38(32)35-27-48-26-34-9-13-39(34)43(53-4,29-46-18-20-47(21-19-46)37(15-22-49)16-23-50)17-6-8-30(2)31(3)55(52)45-42(51)33-10-14-41(54-28-35)40(48)25-33;1-2/h6,10-12,14,17,22,24-25,30-31,34-35,37,39,50H,5,7-9,13,15-16,18-21,23,26-29H2,1-4H3,(H,45,51);2H,1H3/b17-6+;. The van der Waals surface area contributed by atoms with Gasteiger partial charge in [0.15, 0.2) is 0 Å². The maximum Gasteiger partial charge on any atom is 0.263 e. The molecule has 8 unspecified atom stereocenters. The van der Waals surface area contributed by atoms with Crippen molar-refractivity contribution in [3.8, 4) is 5.75 Å². The van der Waals surface area contributed by atoms with Crippen LogP contribution in [0.1, 0.15) is 86.7 Å². The maximum absolute atomic E-state index is 13.6. The molecule has 4 aliphatic rings. The Hall–Kier alpha value is -2.84. The highest BCUT2D eigenvalue weighted by molar-refractivity contribution is 7.84. The molecule has 57 heavy (non-hydrogen) atoms. The molecule has 2 aromatic rings. The number of amides is 1. The average Bonchev–Trinajstić information content (AvgIpc) is 3.38. The van der Waals surface area contributed by atoms with Crippen molar-refractivity contribution in [2.75, 3.05) is 78.1 Å². The van der Waals surface area contributed by atoms with E-state index < -0.39 is 16.6 Å². The molecule has 1 saturated carbocycles. The van der Waals surface area contributed by atoms with Gasteiger partial charge in [-0.1, -0.05) is 50.1 Å². The van der Waals surface area contributed by atoms with E-state index in [4.69, 9.17) is 26.2 Å². The first-order chi connectivity index (χ1) is 27.6. The highest BCUT2D eigenvalue weighted by Gasteiger charge is 2.48. The number of aldehydes is 1. The SMILES string of the molecule is CCCc1cc(Cl)ccc1C1COc2ccc3cc2N(C1)CC1CCC1C(CN1CCN(C(CC=O)CCO)CC1)(OC)/C=C/CC(C)C(C)S(=O)NC3=O.CO. The first-order valence-corrected chi connectivity index (χ1v) is 22.4. The van der Waals surface area contributed by atoms with Gasteiger partial charge in [-0.15, -0.1) is 0 Å². The number of carbonyl (C=O) groups excluding carboxylic acids is 2. The van der Waals surface area contributed by atoms with Crippen molar-refractivity contribution in [2.45, 2.75) is 88.5 Å². The zero-order valence-corrected chi connectivity index (χ0v) is 36.1. The van der Waals surface area contributed by atoms with E-state index in [1.54, 1.807) is 6.07 Å². The van der Waals surface area contributed by atoms with Crippen LogP contribution >= 0.6 is 11.6 Å². The number of allylic oxidation sites excluding steroid dienone is 1. The van der Waals surface area contributed by atoms with Crippen LogP contribution in [0.25, 0.3) is 0 Å². The number of hydrogen-bond acceptors (Lipinski definition) is 10. The normalized spacial score (nSPS) is 29.6. The van der Waals surface area contributed by atoms with Gasteiger partial charge in [-0.05, 0) is 98.2 Å². The Kier molecular flexibility index (Phi) is 17.0. The molecule has 13 heteroatoms. The fourth-order valence-corrected chi connectivity index (χ4v) is 10.4. The van der Waals surface area contributed by atoms with E-state index in [2.05, 4.69) is 57.6 Å². The molecule has 1 aliphatic carbocycles. The molecule has 1 saturated heterocycles. The molecule has 2 bridgehead atoms. The summed E-state index contributed by atoms with van der Waals surface area (Å²) >= 11 is 6.50. The molecule has 6 rings (SSSR count). The number of methoxy groups -OCH3 is 1. The van der Waals surface area contributed by atoms with E-state index >= 15 is 0 Å². The highest BCUT2D eigenvalue weighted by Crippen LogP contribution is 2.47. The minimum absolute atomic E-state index is 0.0557. The number of fused-ring (bicyclic) bond motifs is 2. The first kappa shape index (κ1) is 45.2. The number of nitrogens with zero attached hydrogens (tertiary/aromatic N) is 3. The Morgan fingerprint density at radius 1 is 1.11 bits per heavy atom. The van der Waals surface area contributed by atoms with Crippen LogP contribution in [0.5, 0.6) is 5.75 Å². The van der Waals surface area contributed by atoms with Crippen molar-refractivity contribution in [3.05, 3.63) is 70.3 Å². The van der Waals surface area contributed by atoms with Crippen LogP contribution < -0.4 is 14.4 Å². The molecular formula is C44H65ClN4O7S. The molecule has 316 valence electrons. The van der Waals surface area contributed by atoms with Gasteiger partial charge >= 0.3 is 0 Å². The van der Waals surface area contributed by atoms with Crippen LogP contribution in [0.15, 0.2) is 48.6 Å². The Morgan fingerprint density at radius 3 is 2.54 bits per heavy atom. The Bertz CT molecular complexity index is 1690. The molecular weight excluding hydrogens is 764 g/mol. The van der Waals surface area contributed by atoms with Crippen molar-refractivity contribution in [3.63, 3.8) is 0 Å². The highest BCUT2D eigenvalue weighted by atomic mass is 35.5. The van der Waals surface area contributed by atoms with E-state index in [0.29, 0.717) is 43.9 Å². The van der Waals surface area contributed by atoms with Crippen LogP contribution in [0.2, 0.25) is 5.02 Å². The van der Waals surface area contributed by atoms with Gasteiger partial charge in [0.25, 0.3) is 5.91 Å². The number of rotatable bonds is 11. The van der Waals surface area contributed by atoms with E-state index in [-0.39, 0.29) is 41.6 Å². The summed E-state index contributed by atoms with van der Waals surface area (Å²) in [7, 11) is 1.27. The topological polar surface area (TPSA) is 132 Å². The van der Waals surface area contributed by atoms with Gasteiger partial charge in [0.1, 0.15) is 28.6 Å². The predicted octanol–water partition coefficient (Wildman–Crippen LogP) is 5.63. The van der Waals surface area contributed by atoms with Crippen LogP contribution in [0.3, 0.4) is 0 Å². The summed E-state index contributed by atoms with van der Waals surface area (Å²) in [6.07, 6.45) is 11.3. The molecule has 0 radical (unpaired) electrons. The summed E-state index contributed by atoms with van der Waals surface area (Å²) in [5, 5.41) is 17.1. The third-order valence-corrected chi connectivity index (χ3v) is 14.6. The molecule has 1 amide bonds. The number of hydrogen-bond donors (Lipinski definition) is 3. The van der Waals surface area contributed by atoms with Crippen LogP contribution in [0.4, 0.5) is 5.69 Å². The van der Waals surface area contributed by atoms with Crippen molar-refractivity contribution < 1.29 is 33.5 Å². The number of aryl methyl sites for hydroxylation is 1. The largest absolute Gasteiger partial charge is 0.491 e. The Morgan fingerprint density at radius 2 is 1.88 bits per heavy atom. The van der Waals surface area contributed by atoms with Crippen LogP contribution in [-0.2, 0) is 26.9 Å². The maximum atomic E-state index is 13.6. The van der Waals surface area contributed by atoms with E-state index in [1.165, 1.54) is 11.1 Å². The second-order valence-corrected chi connectivity index (χ2v) is 18.2. The summed E-state index contributed by atoms with van der Waals surface area (Å²) in [5.41, 5.74) is 3.30. The van der Waals surface area contributed by atoms with Gasteiger partial charge in [-0.25, -0.2) is 4.21 Å². The van der Waals surface area contributed by atoms with Gasteiger partial charge in [0, 0.05) is 95.6 Å². The number of carbonyl (C=O) groups is 2. The minimum Gasteiger partial charge on any atom is -0.491 e. The molecule has 0 aromatic heterocycles. The molecule has 0 spiro atoms. The Balaban J connectivity index is 0.00000305. The lowest BCUT2D eigenvalue weighted by Gasteiger charge is -2.52. The number of piperazine rings is 1. The van der Waals surface area contributed by atoms with Crippen molar-refractivity contribution in [1.82, 2.24) is 14.5 Å². The number of halogens is 1. The second-order valence-electron chi connectivity index (χ2n) is 16.2. The summed E-state index contributed by atoms with van der Waals surface area (Å²) < 4.78 is 29.6. The Labute approximate surface area is 347 Å². The van der Waals surface area contributed by atoms with Crippen LogP contribution in [0, 0.1) is 17.8 Å². The van der Waals surface area contributed by atoms with Gasteiger partial charge in [-0.2, -0.15) is 0 Å². The number of benzene rings is 2. The molecule has 3 heterocycles. The van der Waals surface area contributed by atoms with Gasteiger partial charge in [0.2, 0.25) is 0 Å². The summed E-state index contributed by atoms with van der Waals surface area (Å²) in [4.78, 5) is 32.3. The van der Waals surface area contributed by atoms with Gasteiger partial charge in [-0.3, -0.25) is 19.3 Å². The molecule has 3 N–H and O–H groups in total. The smallest absolute Gasteiger partial charge is 0.263 e. The molecule has 11 nitrogen and oxygen atoms in total. The second kappa shape index (κ2) is 21.4. The quantitative estimate of drug-likeness (QED) is 0.194. The average molecular weight is 830 g/mol. The molecule has 8 atom stereocenters. The fourth-order valence-electron chi connectivity index (χ4n) is 9.22. The van der Waals surface area contributed by atoms with Crippen molar-refractivity contribution >= 4 is 40.5 Å². The summed E-state index contributed by atoms with van der Waals surface area (Å²) in [6.45, 7) is 12.4. The number of ether oxygens (including phenoxy) is 2. The summed E-state index contributed by atoms with van der Waals surface area (Å²) in [5.74, 6) is 1.12. The lowest BCUT2D eigenvalue weighted by atomic mass is 9.63. The van der Waals surface area contributed by atoms with Crippen molar-refractivity contribution in [1.29, 1.82) is 0 Å². The van der Waals surface area contributed by atoms with E-state index in [0.717, 1.165) is 94.8 Å². The molecule has 3 aliphatic heterocycles. The van der Waals surface area contributed by atoms with E-state index in [9.17, 15) is 18.9 Å². The van der Waals surface area contributed by atoms with Gasteiger partial charge in [0.05, 0.1) is 17.5 Å². The number of nitrogens with one attached hydrogen (secondary N) is 1. The lowest BCUT2D eigenvalue weighted by Crippen LogP contribution is -2.59. The number of aliphatic hydroxyl groups is 2. The monoisotopic (exact) mass is 828 g/mol. The molecule has 2 aromatic carbocycles. The predicted molar refractivity (Wildman–Crippen MR) is 229 cm³/mol. The minimum atomic E-state index is -1.58. The third kappa shape index (κ3) is 10.9. The number of aliphatic hydroxyl groups excluding tert-OH is 2. The third-order valence-electron chi connectivity index (χ3n) is 12.9. The molecule has 2 fully saturated rings. The van der Waals surface area contributed by atoms with Crippen LogP contribution in [-0.4, -0.2) is 127 Å².